The Kier molecular flexibility index (Phi) is 8.17. The van der Waals surface area contributed by atoms with Crippen LogP contribution in [0.15, 0.2) is 97.1 Å². The molecule has 4 aromatic carbocycles. The Morgan fingerprint density at radius 3 is 2.26 bits per heavy atom. The van der Waals surface area contributed by atoms with Gasteiger partial charge in [-0.05, 0) is 46.0 Å². The predicted molar refractivity (Wildman–Crippen MR) is 142 cm³/mol. The second kappa shape index (κ2) is 11.7. The maximum atomic E-state index is 13.7. The number of amides is 2. The Balaban J connectivity index is 1.61. The van der Waals surface area contributed by atoms with Crippen LogP contribution in [0.4, 0.5) is 0 Å². The molecule has 0 aliphatic carbocycles. The van der Waals surface area contributed by atoms with Gasteiger partial charge in [0, 0.05) is 31.5 Å². The Morgan fingerprint density at radius 2 is 1.51 bits per heavy atom. The van der Waals surface area contributed by atoms with Crippen molar-refractivity contribution in [2.24, 2.45) is 0 Å². The minimum absolute atomic E-state index is 0.0579. The molecule has 1 N–H and O–H groups in total. The minimum atomic E-state index is -0.627. The molecule has 1 atom stereocenters. The van der Waals surface area contributed by atoms with E-state index in [9.17, 15) is 9.59 Å². The summed E-state index contributed by atoms with van der Waals surface area (Å²) in [5.74, 6) is -0.237. The second-order valence-electron chi connectivity index (χ2n) is 8.61. The van der Waals surface area contributed by atoms with E-state index in [1.165, 1.54) is 0 Å². The molecule has 0 bridgehead atoms. The average Bonchev–Trinajstić information content (AvgIpc) is 2.90. The minimum Gasteiger partial charge on any atom is -0.357 e. The predicted octanol–water partition coefficient (Wildman–Crippen LogP) is 5.81. The summed E-state index contributed by atoms with van der Waals surface area (Å²) in [6.45, 7) is 0.330. The highest BCUT2D eigenvalue weighted by atomic mass is 35.5. The number of hydrogen-bond acceptors (Lipinski definition) is 2. The van der Waals surface area contributed by atoms with Gasteiger partial charge in [0.15, 0.2) is 0 Å². The number of aryl methyl sites for hydroxylation is 1. The van der Waals surface area contributed by atoms with E-state index < -0.39 is 6.04 Å². The summed E-state index contributed by atoms with van der Waals surface area (Å²) in [4.78, 5) is 28.4. The number of rotatable bonds is 9. The van der Waals surface area contributed by atoms with Crippen LogP contribution in [-0.2, 0) is 29.0 Å². The smallest absolute Gasteiger partial charge is 0.242 e. The summed E-state index contributed by atoms with van der Waals surface area (Å²) in [5, 5.41) is 5.70. The molecule has 4 nitrogen and oxygen atoms in total. The molecule has 0 saturated heterocycles. The van der Waals surface area contributed by atoms with E-state index in [0.29, 0.717) is 30.8 Å². The molecule has 35 heavy (non-hydrogen) atoms. The lowest BCUT2D eigenvalue weighted by atomic mass is 9.99. The number of halogens is 1. The standard InChI is InChI=1S/C30H29ClN2O2/c1-32-30(35)28(20-22-8-3-2-4-9-22)33(21-23-14-17-26(31)18-15-23)29(34)19-16-25-12-7-11-24-10-5-6-13-27(24)25/h2-15,17-18,28H,16,19-21H2,1H3,(H,32,35)/t28-/m1/s1. The third-order valence-corrected chi connectivity index (χ3v) is 6.52. The van der Waals surface area contributed by atoms with E-state index in [4.69, 9.17) is 11.6 Å². The molecule has 4 aromatic rings. The number of carbonyl (C=O) groups is 2. The van der Waals surface area contributed by atoms with Crippen molar-refractivity contribution in [2.75, 3.05) is 7.05 Å². The quantitative estimate of drug-likeness (QED) is 0.326. The SMILES string of the molecule is CNC(=O)[C@@H](Cc1ccccc1)N(Cc1ccc(Cl)cc1)C(=O)CCc1cccc2ccccc12. The van der Waals surface area contributed by atoms with Crippen LogP contribution in [-0.4, -0.2) is 29.8 Å². The summed E-state index contributed by atoms with van der Waals surface area (Å²) in [6, 6.07) is 31.0. The van der Waals surface area contributed by atoms with E-state index >= 15 is 0 Å². The first-order valence-electron chi connectivity index (χ1n) is 11.8. The number of likely N-dealkylation sites (N-methyl/N-ethyl adjacent to an activating group) is 1. The van der Waals surface area contributed by atoms with Gasteiger partial charge in [0.25, 0.3) is 0 Å². The van der Waals surface area contributed by atoms with Crippen molar-refractivity contribution in [3.05, 3.63) is 119 Å². The molecule has 4 rings (SSSR count). The largest absolute Gasteiger partial charge is 0.357 e. The Labute approximate surface area is 211 Å². The van der Waals surface area contributed by atoms with Gasteiger partial charge in [-0.2, -0.15) is 0 Å². The summed E-state index contributed by atoms with van der Waals surface area (Å²) in [7, 11) is 1.61. The topological polar surface area (TPSA) is 49.4 Å². The second-order valence-corrected chi connectivity index (χ2v) is 9.04. The monoisotopic (exact) mass is 484 g/mol. The summed E-state index contributed by atoms with van der Waals surface area (Å²) < 4.78 is 0. The summed E-state index contributed by atoms with van der Waals surface area (Å²) in [6.07, 6.45) is 1.35. The number of benzene rings is 4. The van der Waals surface area contributed by atoms with Crippen LogP contribution in [0.5, 0.6) is 0 Å². The van der Waals surface area contributed by atoms with Gasteiger partial charge in [-0.25, -0.2) is 0 Å². The van der Waals surface area contributed by atoms with Gasteiger partial charge in [-0.3, -0.25) is 9.59 Å². The number of hydrogen-bond donors (Lipinski definition) is 1. The van der Waals surface area contributed by atoms with Crippen LogP contribution >= 0.6 is 11.6 Å². The molecular formula is C30H29ClN2O2. The van der Waals surface area contributed by atoms with Gasteiger partial charge < -0.3 is 10.2 Å². The van der Waals surface area contributed by atoms with Crippen molar-refractivity contribution in [3.8, 4) is 0 Å². The first-order valence-corrected chi connectivity index (χ1v) is 12.2. The molecule has 178 valence electrons. The van der Waals surface area contributed by atoms with E-state index in [0.717, 1.165) is 27.5 Å². The third-order valence-electron chi connectivity index (χ3n) is 6.27. The van der Waals surface area contributed by atoms with E-state index in [-0.39, 0.29) is 11.8 Å². The molecular weight excluding hydrogens is 456 g/mol. The van der Waals surface area contributed by atoms with E-state index in [2.05, 4.69) is 29.6 Å². The molecule has 0 spiro atoms. The summed E-state index contributed by atoms with van der Waals surface area (Å²) in [5.41, 5.74) is 3.06. The Hall–Kier alpha value is -3.63. The van der Waals surface area contributed by atoms with Crippen LogP contribution < -0.4 is 5.32 Å². The molecule has 0 saturated carbocycles. The van der Waals surface area contributed by atoms with Crippen LogP contribution in [0.25, 0.3) is 10.8 Å². The summed E-state index contributed by atoms with van der Waals surface area (Å²) >= 11 is 6.07. The molecule has 0 unspecified atom stereocenters. The fraction of sp³-hybridized carbons (Fsp3) is 0.200. The number of nitrogens with zero attached hydrogens (tertiary/aromatic N) is 1. The normalized spacial score (nSPS) is 11.7. The average molecular weight is 485 g/mol. The highest BCUT2D eigenvalue weighted by Gasteiger charge is 2.29. The lowest BCUT2D eigenvalue weighted by Crippen LogP contribution is -2.49. The van der Waals surface area contributed by atoms with Gasteiger partial charge in [0.2, 0.25) is 11.8 Å². The molecule has 0 fully saturated rings. The van der Waals surface area contributed by atoms with Crippen LogP contribution in [0.1, 0.15) is 23.1 Å². The van der Waals surface area contributed by atoms with Gasteiger partial charge in [0.05, 0.1) is 0 Å². The lowest BCUT2D eigenvalue weighted by molar-refractivity contribution is -0.141. The lowest BCUT2D eigenvalue weighted by Gasteiger charge is -2.31. The van der Waals surface area contributed by atoms with Crippen LogP contribution in [0, 0.1) is 0 Å². The van der Waals surface area contributed by atoms with Crippen molar-refractivity contribution in [3.63, 3.8) is 0 Å². The Morgan fingerprint density at radius 1 is 0.829 bits per heavy atom. The maximum absolute atomic E-state index is 13.7. The zero-order chi connectivity index (χ0) is 24.6. The maximum Gasteiger partial charge on any atom is 0.242 e. The van der Waals surface area contributed by atoms with E-state index in [1.54, 1.807) is 11.9 Å². The van der Waals surface area contributed by atoms with Crippen molar-refractivity contribution >= 4 is 34.2 Å². The molecule has 5 heteroatoms. The highest BCUT2D eigenvalue weighted by molar-refractivity contribution is 6.30. The van der Waals surface area contributed by atoms with Gasteiger partial charge in [0.1, 0.15) is 6.04 Å². The molecule has 0 radical (unpaired) electrons. The van der Waals surface area contributed by atoms with Crippen molar-refractivity contribution in [2.45, 2.75) is 31.8 Å². The molecule has 0 aliphatic rings. The fourth-order valence-electron chi connectivity index (χ4n) is 4.40. The highest BCUT2D eigenvalue weighted by Crippen LogP contribution is 2.22. The van der Waals surface area contributed by atoms with Crippen LogP contribution in [0.3, 0.4) is 0 Å². The van der Waals surface area contributed by atoms with Crippen molar-refractivity contribution in [1.29, 1.82) is 0 Å². The van der Waals surface area contributed by atoms with Gasteiger partial charge in [-0.1, -0.05) is 96.5 Å². The third kappa shape index (κ3) is 6.28. The molecule has 2 amide bonds. The molecule has 0 aliphatic heterocycles. The van der Waals surface area contributed by atoms with Gasteiger partial charge in [-0.15, -0.1) is 0 Å². The van der Waals surface area contributed by atoms with Crippen molar-refractivity contribution in [1.82, 2.24) is 10.2 Å². The zero-order valence-corrected chi connectivity index (χ0v) is 20.5. The number of carbonyl (C=O) groups excluding carboxylic acids is 2. The zero-order valence-electron chi connectivity index (χ0n) is 19.8. The van der Waals surface area contributed by atoms with Crippen molar-refractivity contribution < 1.29 is 9.59 Å². The number of nitrogens with one attached hydrogen (secondary N) is 1. The molecule has 0 heterocycles. The van der Waals surface area contributed by atoms with Crippen LogP contribution in [0.2, 0.25) is 5.02 Å². The first-order chi connectivity index (χ1) is 17.0. The Bertz CT molecular complexity index is 1280. The fourth-order valence-corrected chi connectivity index (χ4v) is 4.53. The van der Waals surface area contributed by atoms with E-state index in [1.807, 2.05) is 72.8 Å². The molecule has 0 aromatic heterocycles. The first kappa shape index (κ1) is 24.5. The number of fused-ring (bicyclic) bond motifs is 1. The van der Waals surface area contributed by atoms with Gasteiger partial charge >= 0.3 is 0 Å².